The summed E-state index contributed by atoms with van der Waals surface area (Å²) in [6, 6.07) is 10.7. The van der Waals surface area contributed by atoms with Crippen molar-refractivity contribution in [3.05, 3.63) is 82.7 Å². The molecule has 148 valence electrons. The van der Waals surface area contributed by atoms with E-state index in [1.807, 2.05) is 0 Å². The average molecular weight is 419 g/mol. The van der Waals surface area contributed by atoms with Crippen LogP contribution in [0.3, 0.4) is 0 Å². The first kappa shape index (κ1) is 19.1. The van der Waals surface area contributed by atoms with Crippen molar-refractivity contribution in [3.8, 4) is 11.3 Å². The van der Waals surface area contributed by atoms with Crippen LogP contribution in [0.1, 0.15) is 21.6 Å². The van der Waals surface area contributed by atoms with Gasteiger partial charge in [0, 0.05) is 29.2 Å². The van der Waals surface area contributed by atoms with Crippen molar-refractivity contribution in [1.82, 2.24) is 14.7 Å². The molecule has 1 amide bonds. The third kappa shape index (κ3) is 3.73. The van der Waals surface area contributed by atoms with Crippen molar-refractivity contribution in [2.45, 2.75) is 12.7 Å². The lowest BCUT2D eigenvalue weighted by Crippen LogP contribution is -2.24. The van der Waals surface area contributed by atoms with Gasteiger partial charge in [-0.2, -0.15) is 13.2 Å². The number of alkyl halides is 3. The molecule has 4 aromatic rings. The number of imidazole rings is 1. The highest BCUT2D eigenvalue weighted by Crippen LogP contribution is 2.34. The van der Waals surface area contributed by atoms with Crippen LogP contribution in [0.25, 0.3) is 16.2 Å². The molecule has 1 N–H and O–H groups in total. The van der Waals surface area contributed by atoms with Gasteiger partial charge >= 0.3 is 6.18 Å². The smallest absolute Gasteiger partial charge is 0.346 e. The second-order valence-corrected chi connectivity index (χ2v) is 7.09. The predicted octanol–water partition coefficient (Wildman–Crippen LogP) is 5.15. The van der Waals surface area contributed by atoms with Gasteiger partial charge in [-0.3, -0.25) is 9.20 Å². The minimum Gasteiger partial charge on any atom is -0.346 e. The van der Waals surface area contributed by atoms with E-state index in [4.69, 9.17) is 0 Å². The van der Waals surface area contributed by atoms with Crippen molar-refractivity contribution in [3.63, 3.8) is 0 Å². The Morgan fingerprint density at radius 1 is 1.14 bits per heavy atom. The number of nitrogens with one attached hydrogen (secondary N) is 1. The van der Waals surface area contributed by atoms with Gasteiger partial charge < -0.3 is 5.32 Å². The lowest BCUT2D eigenvalue weighted by Gasteiger charge is -2.10. The zero-order valence-corrected chi connectivity index (χ0v) is 15.5. The standard InChI is InChI=1S/C20H13F4N3OS/c21-15-7-2-1-4-13(15)11-25-18(28)16-17(27-8-9-29-19(27)26-16)12-5-3-6-14(10-12)20(22,23)24/h1-10H,11H2,(H,25,28). The number of fused-ring (bicyclic) bond motifs is 1. The molecule has 0 saturated carbocycles. The van der Waals surface area contributed by atoms with Crippen molar-refractivity contribution in [2.75, 3.05) is 0 Å². The van der Waals surface area contributed by atoms with Crippen molar-refractivity contribution in [2.24, 2.45) is 0 Å². The third-order valence-electron chi connectivity index (χ3n) is 4.34. The Kier molecular flexibility index (Phi) is 4.83. The van der Waals surface area contributed by atoms with Gasteiger partial charge in [-0.1, -0.05) is 30.3 Å². The minimum absolute atomic E-state index is 0.0208. The summed E-state index contributed by atoms with van der Waals surface area (Å²) < 4.78 is 54.8. The molecule has 2 aromatic carbocycles. The number of aromatic nitrogens is 2. The fourth-order valence-corrected chi connectivity index (χ4v) is 3.68. The topological polar surface area (TPSA) is 46.4 Å². The highest BCUT2D eigenvalue weighted by molar-refractivity contribution is 7.15. The highest BCUT2D eigenvalue weighted by atomic mass is 32.1. The number of halogens is 4. The molecule has 0 bridgehead atoms. The maximum atomic E-state index is 13.8. The molecule has 2 heterocycles. The van der Waals surface area contributed by atoms with Crippen molar-refractivity contribution in [1.29, 1.82) is 0 Å². The summed E-state index contributed by atoms with van der Waals surface area (Å²) in [6.45, 7) is -0.0707. The SMILES string of the molecule is O=C(NCc1ccccc1F)c1nc2sccn2c1-c1cccc(C(F)(F)F)c1. The van der Waals surface area contributed by atoms with Gasteiger partial charge in [0.2, 0.25) is 0 Å². The van der Waals surface area contributed by atoms with Crippen LogP contribution in [0.15, 0.2) is 60.1 Å². The molecular weight excluding hydrogens is 406 g/mol. The van der Waals surface area contributed by atoms with E-state index in [-0.39, 0.29) is 23.5 Å². The van der Waals surface area contributed by atoms with Gasteiger partial charge in [0.25, 0.3) is 5.91 Å². The fraction of sp³-hybridized carbons (Fsp3) is 0.100. The number of benzene rings is 2. The molecule has 29 heavy (non-hydrogen) atoms. The number of hydrogen-bond acceptors (Lipinski definition) is 3. The van der Waals surface area contributed by atoms with Crippen molar-refractivity contribution < 1.29 is 22.4 Å². The molecule has 0 spiro atoms. The maximum Gasteiger partial charge on any atom is 0.416 e. The summed E-state index contributed by atoms with van der Waals surface area (Å²) in [5.41, 5.74) is -0.0898. The van der Waals surface area contributed by atoms with E-state index in [0.717, 1.165) is 12.1 Å². The molecule has 2 aromatic heterocycles. The Hall–Kier alpha value is -3.20. The van der Waals surface area contributed by atoms with E-state index in [9.17, 15) is 22.4 Å². The summed E-state index contributed by atoms with van der Waals surface area (Å²) in [4.78, 5) is 17.5. The number of carbonyl (C=O) groups is 1. The van der Waals surface area contributed by atoms with Crippen molar-refractivity contribution >= 4 is 22.2 Å². The number of hydrogen-bond donors (Lipinski definition) is 1. The molecule has 4 rings (SSSR count). The summed E-state index contributed by atoms with van der Waals surface area (Å²) in [5, 5.41) is 4.31. The minimum atomic E-state index is -4.51. The fourth-order valence-electron chi connectivity index (χ4n) is 2.96. The van der Waals surface area contributed by atoms with Gasteiger partial charge in [-0.05, 0) is 18.2 Å². The first-order valence-corrected chi connectivity index (χ1v) is 9.37. The second kappa shape index (κ2) is 7.32. The maximum absolute atomic E-state index is 13.8. The van der Waals surface area contributed by atoms with Gasteiger partial charge in [0.15, 0.2) is 10.7 Å². The summed E-state index contributed by atoms with van der Waals surface area (Å²) in [6.07, 6.45) is -2.88. The molecule has 0 aliphatic heterocycles. The Morgan fingerprint density at radius 2 is 1.93 bits per heavy atom. The Bertz CT molecular complexity index is 1200. The first-order chi connectivity index (χ1) is 13.8. The largest absolute Gasteiger partial charge is 0.416 e. The van der Waals surface area contributed by atoms with E-state index in [1.165, 1.54) is 41.7 Å². The third-order valence-corrected chi connectivity index (χ3v) is 5.09. The van der Waals surface area contributed by atoms with E-state index in [1.54, 1.807) is 22.0 Å². The zero-order chi connectivity index (χ0) is 20.6. The van der Waals surface area contributed by atoms with Gasteiger partial charge in [0.05, 0.1) is 11.3 Å². The molecule has 0 saturated heterocycles. The number of rotatable bonds is 4. The molecule has 0 radical (unpaired) electrons. The van der Waals surface area contributed by atoms with Crippen LogP contribution in [-0.4, -0.2) is 15.3 Å². The summed E-state index contributed by atoms with van der Waals surface area (Å²) >= 11 is 1.25. The Morgan fingerprint density at radius 3 is 2.69 bits per heavy atom. The Labute approximate surface area is 166 Å². The van der Waals surface area contributed by atoms with Crippen LogP contribution in [-0.2, 0) is 12.7 Å². The summed E-state index contributed by atoms with van der Waals surface area (Å²) in [7, 11) is 0. The molecule has 0 unspecified atom stereocenters. The van der Waals surface area contributed by atoms with Crippen LogP contribution in [0, 0.1) is 5.82 Å². The van der Waals surface area contributed by atoms with Gasteiger partial charge in [-0.15, -0.1) is 11.3 Å². The van der Waals surface area contributed by atoms with Gasteiger partial charge in [0.1, 0.15) is 5.82 Å². The quantitative estimate of drug-likeness (QED) is 0.465. The molecule has 9 heteroatoms. The second-order valence-electron chi connectivity index (χ2n) is 6.22. The van der Waals surface area contributed by atoms with E-state index in [2.05, 4.69) is 10.3 Å². The monoisotopic (exact) mass is 419 g/mol. The van der Waals surface area contributed by atoms with E-state index >= 15 is 0 Å². The molecule has 0 fully saturated rings. The number of thiazole rings is 1. The highest BCUT2D eigenvalue weighted by Gasteiger charge is 2.31. The molecule has 0 aliphatic carbocycles. The predicted molar refractivity (Wildman–Crippen MR) is 101 cm³/mol. The molecule has 0 aliphatic rings. The Balaban J connectivity index is 1.72. The zero-order valence-electron chi connectivity index (χ0n) is 14.7. The van der Waals surface area contributed by atoms with Gasteiger partial charge in [-0.25, -0.2) is 9.37 Å². The van der Waals surface area contributed by atoms with Crippen LogP contribution >= 0.6 is 11.3 Å². The molecule has 0 atom stereocenters. The first-order valence-electron chi connectivity index (χ1n) is 8.49. The van der Waals surface area contributed by atoms with Crippen LogP contribution in [0.4, 0.5) is 17.6 Å². The molecular formula is C20H13F4N3OS. The van der Waals surface area contributed by atoms with Crippen LogP contribution < -0.4 is 5.32 Å². The normalized spacial score (nSPS) is 11.7. The number of carbonyl (C=O) groups excluding carboxylic acids is 1. The van der Waals surface area contributed by atoms with E-state index in [0.29, 0.717) is 10.5 Å². The number of amides is 1. The average Bonchev–Trinajstić information content (AvgIpc) is 3.27. The van der Waals surface area contributed by atoms with E-state index < -0.39 is 23.5 Å². The lowest BCUT2D eigenvalue weighted by molar-refractivity contribution is -0.137. The van der Waals surface area contributed by atoms with Crippen LogP contribution in [0.2, 0.25) is 0 Å². The summed E-state index contributed by atoms with van der Waals surface area (Å²) in [5.74, 6) is -1.06. The number of nitrogens with zero attached hydrogens (tertiary/aromatic N) is 2. The lowest BCUT2D eigenvalue weighted by atomic mass is 10.1. The van der Waals surface area contributed by atoms with Crippen LogP contribution in [0.5, 0.6) is 0 Å². The molecule has 4 nitrogen and oxygen atoms in total.